The van der Waals surface area contributed by atoms with Crippen molar-refractivity contribution in [2.24, 2.45) is 4.99 Å². The van der Waals surface area contributed by atoms with Crippen molar-refractivity contribution in [3.63, 3.8) is 0 Å². The number of hydrogen-bond donors (Lipinski definition) is 1. The van der Waals surface area contributed by atoms with Crippen molar-refractivity contribution in [2.75, 3.05) is 0 Å². The van der Waals surface area contributed by atoms with E-state index in [9.17, 15) is 14.0 Å². The van der Waals surface area contributed by atoms with Gasteiger partial charge in [0, 0.05) is 35.5 Å². The maximum atomic E-state index is 13.1. The van der Waals surface area contributed by atoms with Crippen LogP contribution in [0.3, 0.4) is 0 Å². The van der Waals surface area contributed by atoms with Crippen LogP contribution in [0.25, 0.3) is 0 Å². The number of nitrogens with zero attached hydrogens (tertiary/aromatic N) is 2. The lowest BCUT2D eigenvalue weighted by Crippen LogP contribution is -2.30. The second-order valence-electron chi connectivity index (χ2n) is 6.78. The molecule has 0 saturated heterocycles. The molecular formula is C23H18FN3O2. The number of amides is 1. The van der Waals surface area contributed by atoms with Gasteiger partial charge in [-0.05, 0) is 60.0 Å². The quantitative estimate of drug-likeness (QED) is 0.678. The smallest absolute Gasteiger partial charge is 0.256 e. The molecular weight excluding hydrogens is 369 g/mol. The minimum Gasteiger partial charge on any atom is -0.306 e. The van der Waals surface area contributed by atoms with Crippen molar-refractivity contribution in [2.45, 2.75) is 19.4 Å². The maximum absolute atomic E-state index is 13.1. The number of Topliss-reactive ketones (excluding diaryl/α,β-unsaturated/α-hetero) is 1. The molecule has 5 nitrogen and oxygen atoms in total. The fourth-order valence-corrected chi connectivity index (χ4v) is 3.20. The Hall–Kier alpha value is -3.67. The Kier molecular flexibility index (Phi) is 5.24. The van der Waals surface area contributed by atoms with E-state index in [1.807, 2.05) is 18.2 Å². The van der Waals surface area contributed by atoms with E-state index in [2.05, 4.69) is 15.3 Å². The summed E-state index contributed by atoms with van der Waals surface area (Å²) >= 11 is 0. The zero-order valence-electron chi connectivity index (χ0n) is 15.6. The highest BCUT2D eigenvalue weighted by Gasteiger charge is 2.20. The van der Waals surface area contributed by atoms with Gasteiger partial charge in [-0.1, -0.05) is 12.1 Å². The number of carbonyl (C=O) groups is 2. The Morgan fingerprint density at radius 1 is 0.966 bits per heavy atom. The Balaban J connectivity index is 1.46. The van der Waals surface area contributed by atoms with Gasteiger partial charge in [-0.25, -0.2) is 4.39 Å². The molecule has 1 amide bonds. The number of aryl methyl sites for hydroxylation is 1. The summed E-state index contributed by atoms with van der Waals surface area (Å²) in [5.74, 6) is -0.315. The van der Waals surface area contributed by atoms with Crippen molar-refractivity contribution in [3.05, 3.63) is 101 Å². The molecule has 0 atom stereocenters. The van der Waals surface area contributed by atoms with Gasteiger partial charge in [0.05, 0.1) is 6.54 Å². The Labute approximate surface area is 167 Å². The highest BCUT2D eigenvalue weighted by molar-refractivity contribution is 6.15. The number of ketones is 1. The van der Waals surface area contributed by atoms with Crippen LogP contribution in [-0.2, 0) is 13.0 Å². The summed E-state index contributed by atoms with van der Waals surface area (Å²) in [6.45, 7) is 0.444. The minimum atomic E-state index is -0.403. The molecule has 0 radical (unpaired) electrons. The molecule has 4 rings (SSSR count). The number of aliphatic imine (C=N–C) groups is 1. The van der Waals surface area contributed by atoms with Crippen LogP contribution in [0.1, 0.15) is 43.8 Å². The number of rotatable bonds is 5. The summed E-state index contributed by atoms with van der Waals surface area (Å²) in [4.78, 5) is 33.4. The third-order valence-electron chi connectivity index (χ3n) is 4.82. The molecule has 1 aliphatic rings. The molecule has 0 unspecified atom stereocenters. The molecule has 0 bridgehead atoms. The molecule has 1 aromatic heterocycles. The second kappa shape index (κ2) is 8.14. The SMILES string of the molecule is O=C(CCc1ccncc1)c1ccc2c(c1)C(NC(=O)c1ccc(F)cc1)=NC2. The molecule has 3 aromatic rings. The van der Waals surface area contributed by atoms with Gasteiger partial charge in [0.25, 0.3) is 5.91 Å². The van der Waals surface area contributed by atoms with Crippen LogP contribution in [0, 0.1) is 5.82 Å². The van der Waals surface area contributed by atoms with Gasteiger partial charge in [-0.2, -0.15) is 0 Å². The molecule has 2 aromatic carbocycles. The molecule has 0 fully saturated rings. The van der Waals surface area contributed by atoms with Crippen molar-refractivity contribution in [3.8, 4) is 0 Å². The van der Waals surface area contributed by atoms with Crippen LogP contribution in [0.4, 0.5) is 4.39 Å². The van der Waals surface area contributed by atoms with Crippen LogP contribution in [-0.4, -0.2) is 22.5 Å². The van der Waals surface area contributed by atoms with E-state index < -0.39 is 5.82 Å². The summed E-state index contributed by atoms with van der Waals surface area (Å²) in [7, 11) is 0. The monoisotopic (exact) mass is 387 g/mol. The topological polar surface area (TPSA) is 71.4 Å². The number of carbonyl (C=O) groups excluding carboxylic acids is 2. The number of halogens is 1. The molecule has 2 heterocycles. The summed E-state index contributed by atoms with van der Waals surface area (Å²) in [5.41, 5.74) is 3.68. The first-order chi connectivity index (χ1) is 14.1. The zero-order chi connectivity index (χ0) is 20.2. The highest BCUT2D eigenvalue weighted by Crippen LogP contribution is 2.21. The van der Waals surface area contributed by atoms with E-state index in [0.29, 0.717) is 36.3 Å². The third kappa shape index (κ3) is 4.27. The number of hydrogen-bond acceptors (Lipinski definition) is 4. The number of aromatic nitrogens is 1. The van der Waals surface area contributed by atoms with Gasteiger partial charge in [-0.15, -0.1) is 0 Å². The molecule has 1 aliphatic heterocycles. The van der Waals surface area contributed by atoms with Crippen LogP contribution in [0.2, 0.25) is 0 Å². The second-order valence-corrected chi connectivity index (χ2v) is 6.78. The van der Waals surface area contributed by atoms with E-state index in [0.717, 1.165) is 16.7 Å². The third-order valence-corrected chi connectivity index (χ3v) is 4.82. The average Bonchev–Trinajstić information content (AvgIpc) is 3.15. The normalized spacial score (nSPS) is 12.2. The molecule has 6 heteroatoms. The largest absolute Gasteiger partial charge is 0.306 e. The van der Waals surface area contributed by atoms with Crippen molar-refractivity contribution >= 4 is 17.5 Å². The lowest BCUT2D eigenvalue weighted by Gasteiger charge is -2.09. The van der Waals surface area contributed by atoms with Crippen molar-refractivity contribution in [1.29, 1.82) is 0 Å². The maximum Gasteiger partial charge on any atom is 0.256 e. The first-order valence-electron chi connectivity index (χ1n) is 9.27. The summed E-state index contributed by atoms with van der Waals surface area (Å²) in [5, 5.41) is 2.77. The van der Waals surface area contributed by atoms with Crippen molar-refractivity contribution < 1.29 is 14.0 Å². The van der Waals surface area contributed by atoms with E-state index in [1.165, 1.54) is 24.3 Å². The van der Waals surface area contributed by atoms with E-state index in [-0.39, 0.29) is 11.7 Å². The van der Waals surface area contributed by atoms with Gasteiger partial charge in [0.2, 0.25) is 0 Å². The van der Waals surface area contributed by atoms with Gasteiger partial charge >= 0.3 is 0 Å². The van der Waals surface area contributed by atoms with Gasteiger partial charge in [0.1, 0.15) is 11.7 Å². The fourth-order valence-electron chi connectivity index (χ4n) is 3.20. The van der Waals surface area contributed by atoms with E-state index in [1.54, 1.807) is 24.5 Å². The molecule has 0 spiro atoms. The lowest BCUT2D eigenvalue weighted by atomic mass is 9.99. The molecule has 29 heavy (non-hydrogen) atoms. The summed E-state index contributed by atoms with van der Waals surface area (Å²) in [6, 6.07) is 14.5. The van der Waals surface area contributed by atoms with Crippen LogP contribution in [0.5, 0.6) is 0 Å². The predicted molar refractivity (Wildman–Crippen MR) is 107 cm³/mol. The Morgan fingerprint density at radius 3 is 2.45 bits per heavy atom. The van der Waals surface area contributed by atoms with Gasteiger partial charge in [0.15, 0.2) is 5.78 Å². The van der Waals surface area contributed by atoms with Gasteiger partial charge < -0.3 is 5.32 Å². The highest BCUT2D eigenvalue weighted by atomic mass is 19.1. The number of pyridine rings is 1. The van der Waals surface area contributed by atoms with Crippen molar-refractivity contribution in [1.82, 2.24) is 10.3 Å². The Bertz CT molecular complexity index is 1090. The Morgan fingerprint density at radius 2 is 1.69 bits per heavy atom. The number of benzene rings is 2. The van der Waals surface area contributed by atoms with Crippen LogP contribution in [0.15, 0.2) is 72.0 Å². The molecule has 0 saturated carbocycles. The lowest BCUT2D eigenvalue weighted by molar-refractivity contribution is 0.0972. The molecule has 144 valence electrons. The number of nitrogens with one attached hydrogen (secondary N) is 1. The van der Waals surface area contributed by atoms with E-state index >= 15 is 0 Å². The molecule has 0 aliphatic carbocycles. The fraction of sp³-hybridized carbons (Fsp3) is 0.130. The van der Waals surface area contributed by atoms with Gasteiger partial charge in [-0.3, -0.25) is 19.6 Å². The molecule has 1 N–H and O–H groups in total. The first-order valence-corrected chi connectivity index (χ1v) is 9.27. The number of amidine groups is 1. The first kappa shape index (κ1) is 18.7. The standard InChI is InChI=1S/C23H18FN3O2/c24-19-6-4-16(5-7-19)23(29)27-22-20-13-17(2-3-18(20)14-26-22)21(28)8-1-15-9-11-25-12-10-15/h2-7,9-13H,1,8,14H2,(H,26,27,29). The van der Waals surface area contributed by atoms with E-state index in [4.69, 9.17) is 0 Å². The summed E-state index contributed by atoms with van der Waals surface area (Å²) in [6.07, 6.45) is 4.45. The number of fused-ring (bicyclic) bond motifs is 1. The predicted octanol–water partition coefficient (Wildman–Crippen LogP) is 3.73. The van der Waals surface area contributed by atoms with Crippen LogP contribution < -0.4 is 5.32 Å². The summed E-state index contributed by atoms with van der Waals surface area (Å²) < 4.78 is 13.1. The van der Waals surface area contributed by atoms with Crippen LogP contribution >= 0.6 is 0 Å². The average molecular weight is 387 g/mol. The minimum absolute atomic E-state index is 0.0284. The zero-order valence-corrected chi connectivity index (χ0v) is 15.6.